The number of ether oxygens (including phenoxy) is 1. The zero-order chi connectivity index (χ0) is 21.0. The Hall–Kier alpha value is -3.28. The molecule has 152 valence electrons. The lowest BCUT2D eigenvalue weighted by Crippen LogP contribution is -2.46. The van der Waals surface area contributed by atoms with E-state index in [4.69, 9.17) is 9.72 Å². The Morgan fingerprint density at radius 2 is 1.97 bits per heavy atom. The average Bonchev–Trinajstić information content (AvgIpc) is 3.12. The highest BCUT2D eigenvalue weighted by molar-refractivity contribution is 5.93. The van der Waals surface area contributed by atoms with Gasteiger partial charge < -0.3 is 9.30 Å². The molecule has 1 aliphatic carbocycles. The zero-order valence-corrected chi connectivity index (χ0v) is 17.0. The molecule has 5 rings (SSSR count). The van der Waals surface area contributed by atoms with Crippen LogP contribution in [0.2, 0.25) is 0 Å². The van der Waals surface area contributed by atoms with Gasteiger partial charge in [-0.3, -0.25) is 14.4 Å². The zero-order valence-electron chi connectivity index (χ0n) is 17.0. The van der Waals surface area contributed by atoms with Crippen LogP contribution in [0.15, 0.2) is 41.2 Å². The van der Waals surface area contributed by atoms with Gasteiger partial charge in [0.25, 0.3) is 5.56 Å². The topological polar surface area (TPSA) is 78.3 Å². The number of ketones is 1. The highest BCUT2D eigenvalue weighted by atomic mass is 16.6. The van der Waals surface area contributed by atoms with E-state index in [-0.39, 0.29) is 24.2 Å². The van der Waals surface area contributed by atoms with Gasteiger partial charge in [0.15, 0.2) is 11.4 Å². The van der Waals surface area contributed by atoms with Gasteiger partial charge in [-0.2, -0.15) is 0 Å². The van der Waals surface area contributed by atoms with Crippen molar-refractivity contribution in [3.8, 4) is 11.4 Å². The summed E-state index contributed by atoms with van der Waals surface area (Å²) >= 11 is 0. The Morgan fingerprint density at radius 3 is 2.73 bits per heavy atom. The lowest BCUT2D eigenvalue weighted by Gasteiger charge is -2.36. The van der Waals surface area contributed by atoms with E-state index in [1.807, 2.05) is 37.3 Å². The highest BCUT2D eigenvalue weighted by Crippen LogP contribution is 2.41. The van der Waals surface area contributed by atoms with Crippen molar-refractivity contribution >= 4 is 22.7 Å². The first-order valence-electron chi connectivity index (χ1n) is 10.4. The summed E-state index contributed by atoms with van der Waals surface area (Å²) < 4.78 is 7.46. The second-order valence-corrected chi connectivity index (χ2v) is 7.93. The van der Waals surface area contributed by atoms with Gasteiger partial charge in [-0.25, -0.2) is 4.98 Å². The first kappa shape index (κ1) is 18.7. The van der Waals surface area contributed by atoms with E-state index in [1.54, 1.807) is 11.5 Å². The number of para-hydroxylation sites is 1. The van der Waals surface area contributed by atoms with E-state index in [0.29, 0.717) is 36.2 Å². The summed E-state index contributed by atoms with van der Waals surface area (Å²) in [6.07, 6.45) is 1.03. The van der Waals surface area contributed by atoms with Gasteiger partial charge in [0, 0.05) is 34.9 Å². The number of esters is 1. The molecule has 0 radical (unpaired) electrons. The van der Waals surface area contributed by atoms with Crippen LogP contribution in [-0.4, -0.2) is 21.3 Å². The van der Waals surface area contributed by atoms with Crippen LogP contribution in [0.1, 0.15) is 49.8 Å². The second kappa shape index (κ2) is 6.62. The SMILES string of the molecule is CCC(=O)O[C@]1(CC)C(=O)CCc2c1cc1n(c2=O)Cc2cc3ccccc3nc2-1. The van der Waals surface area contributed by atoms with E-state index in [2.05, 4.69) is 6.07 Å². The smallest absolute Gasteiger partial charge is 0.306 e. The van der Waals surface area contributed by atoms with Crippen molar-refractivity contribution in [1.82, 2.24) is 9.55 Å². The molecule has 1 aliphatic heterocycles. The number of Topliss-reactive ketones (excluding diaryl/α,β-unsaturated/α-hetero) is 1. The quantitative estimate of drug-likeness (QED) is 0.490. The van der Waals surface area contributed by atoms with Crippen LogP contribution in [0.25, 0.3) is 22.3 Å². The molecule has 6 heteroatoms. The normalized spacial score (nSPS) is 19.3. The third-order valence-corrected chi connectivity index (χ3v) is 6.34. The summed E-state index contributed by atoms with van der Waals surface area (Å²) in [4.78, 5) is 43.4. The minimum absolute atomic E-state index is 0.123. The van der Waals surface area contributed by atoms with Crippen LogP contribution in [0.4, 0.5) is 0 Å². The lowest BCUT2D eigenvalue weighted by molar-refractivity contribution is -0.170. The Balaban J connectivity index is 1.77. The molecule has 0 amide bonds. The summed E-state index contributed by atoms with van der Waals surface area (Å²) in [6, 6.07) is 11.8. The minimum Gasteiger partial charge on any atom is -0.446 e. The van der Waals surface area contributed by atoms with Crippen molar-refractivity contribution in [1.29, 1.82) is 0 Å². The van der Waals surface area contributed by atoms with Crippen molar-refractivity contribution in [3.63, 3.8) is 0 Å². The van der Waals surface area contributed by atoms with Crippen molar-refractivity contribution in [3.05, 3.63) is 63.4 Å². The van der Waals surface area contributed by atoms with Crippen molar-refractivity contribution in [2.24, 2.45) is 0 Å². The van der Waals surface area contributed by atoms with E-state index in [0.717, 1.165) is 22.2 Å². The molecule has 1 aromatic carbocycles. The Bertz CT molecular complexity index is 1290. The van der Waals surface area contributed by atoms with Crippen LogP contribution in [-0.2, 0) is 32.9 Å². The summed E-state index contributed by atoms with van der Waals surface area (Å²) in [5, 5.41) is 1.02. The van der Waals surface area contributed by atoms with Crippen LogP contribution >= 0.6 is 0 Å². The highest BCUT2D eigenvalue weighted by Gasteiger charge is 2.47. The Morgan fingerprint density at radius 1 is 1.17 bits per heavy atom. The maximum absolute atomic E-state index is 13.4. The monoisotopic (exact) mass is 402 g/mol. The van der Waals surface area contributed by atoms with E-state index >= 15 is 0 Å². The number of carbonyl (C=O) groups excluding carboxylic acids is 2. The summed E-state index contributed by atoms with van der Waals surface area (Å²) in [5.41, 5.74) is 2.84. The van der Waals surface area contributed by atoms with Crippen molar-refractivity contribution in [2.45, 2.75) is 51.7 Å². The summed E-state index contributed by atoms with van der Waals surface area (Å²) in [5.74, 6) is -0.587. The molecule has 0 unspecified atom stereocenters. The number of benzene rings is 1. The predicted octanol–water partition coefficient (Wildman–Crippen LogP) is 3.50. The van der Waals surface area contributed by atoms with Gasteiger partial charge >= 0.3 is 5.97 Å². The maximum Gasteiger partial charge on any atom is 0.306 e. The number of hydrogen-bond donors (Lipinski definition) is 0. The molecule has 0 N–H and O–H groups in total. The number of rotatable bonds is 3. The summed E-state index contributed by atoms with van der Waals surface area (Å²) in [7, 11) is 0. The molecule has 0 saturated heterocycles. The molecule has 0 fully saturated rings. The largest absolute Gasteiger partial charge is 0.446 e. The molecule has 0 saturated carbocycles. The average molecular weight is 402 g/mol. The molecule has 1 atom stereocenters. The van der Waals surface area contributed by atoms with Crippen LogP contribution in [0.3, 0.4) is 0 Å². The Kier molecular flexibility index (Phi) is 4.13. The molecule has 30 heavy (non-hydrogen) atoms. The molecule has 0 spiro atoms. The minimum atomic E-state index is -1.39. The number of carbonyl (C=O) groups is 2. The number of nitrogens with zero attached hydrogens (tertiary/aromatic N) is 2. The molecular weight excluding hydrogens is 380 g/mol. The molecule has 2 aliphatic rings. The number of aromatic nitrogens is 2. The van der Waals surface area contributed by atoms with E-state index < -0.39 is 11.6 Å². The standard InChI is InChI=1S/C24H22N2O4/c1-3-21(28)30-24(4-2)17-12-19-22-15(11-14-7-5-6-8-18(14)25-22)13-26(19)23(29)16(17)9-10-20(24)27/h5-8,11-12H,3-4,9-10,13H2,1-2H3/t24-/m0/s1. The van der Waals surface area contributed by atoms with Crippen molar-refractivity contribution < 1.29 is 14.3 Å². The van der Waals surface area contributed by atoms with Gasteiger partial charge in [0.1, 0.15) is 0 Å². The van der Waals surface area contributed by atoms with Crippen LogP contribution < -0.4 is 5.56 Å². The predicted molar refractivity (Wildman–Crippen MR) is 112 cm³/mol. The lowest BCUT2D eigenvalue weighted by atomic mass is 9.76. The first-order valence-corrected chi connectivity index (χ1v) is 10.4. The van der Waals surface area contributed by atoms with Gasteiger partial charge in [0.2, 0.25) is 0 Å². The fourth-order valence-corrected chi connectivity index (χ4v) is 4.75. The van der Waals surface area contributed by atoms with E-state index in [1.165, 1.54) is 0 Å². The third-order valence-electron chi connectivity index (χ3n) is 6.34. The van der Waals surface area contributed by atoms with Gasteiger partial charge in [-0.1, -0.05) is 32.0 Å². The summed E-state index contributed by atoms with van der Waals surface area (Å²) in [6.45, 7) is 3.97. The van der Waals surface area contributed by atoms with Crippen LogP contribution in [0.5, 0.6) is 0 Å². The van der Waals surface area contributed by atoms with Crippen molar-refractivity contribution in [2.75, 3.05) is 0 Å². The van der Waals surface area contributed by atoms with Crippen LogP contribution in [0, 0.1) is 0 Å². The molecule has 0 bridgehead atoms. The third kappa shape index (κ3) is 2.49. The van der Waals surface area contributed by atoms with Gasteiger partial charge in [0.05, 0.1) is 23.4 Å². The molecular formula is C24H22N2O4. The maximum atomic E-state index is 13.4. The molecule has 6 nitrogen and oxygen atoms in total. The number of fused-ring (bicyclic) bond motifs is 5. The van der Waals surface area contributed by atoms with Gasteiger partial charge in [-0.15, -0.1) is 0 Å². The Labute approximate surface area is 173 Å². The second-order valence-electron chi connectivity index (χ2n) is 7.93. The molecule has 3 aromatic rings. The fraction of sp³-hybridized carbons (Fsp3) is 0.333. The number of hydrogen-bond acceptors (Lipinski definition) is 5. The molecule has 2 aromatic heterocycles. The van der Waals surface area contributed by atoms with E-state index in [9.17, 15) is 14.4 Å². The molecule has 3 heterocycles. The fourth-order valence-electron chi connectivity index (χ4n) is 4.75. The number of pyridine rings is 2. The first-order chi connectivity index (χ1) is 14.5. The van der Waals surface area contributed by atoms with Gasteiger partial charge in [-0.05, 0) is 31.0 Å².